The fourth-order valence-electron chi connectivity index (χ4n) is 2.43. The molecule has 0 radical (unpaired) electrons. The molecule has 0 unspecified atom stereocenters. The van der Waals surface area contributed by atoms with Crippen LogP contribution < -0.4 is 28.5 Å². The zero-order chi connectivity index (χ0) is 21.1. The Morgan fingerprint density at radius 2 is 1.33 bits per heavy atom. The topological polar surface area (TPSA) is 74.2 Å². The first-order valence-corrected chi connectivity index (χ1v) is 10.8. The molecule has 2 aromatic heterocycles. The van der Waals surface area contributed by atoms with Gasteiger partial charge in [-0.15, -0.1) is 0 Å². The van der Waals surface area contributed by atoms with E-state index in [2.05, 4.69) is 39.7 Å². The lowest BCUT2D eigenvalue weighted by molar-refractivity contribution is -0.670. The van der Waals surface area contributed by atoms with E-state index in [0.717, 1.165) is 11.4 Å². The third-order valence-electron chi connectivity index (χ3n) is 3.86. The van der Waals surface area contributed by atoms with Gasteiger partial charge in [-0.25, -0.2) is 14.1 Å². The number of rotatable bonds is 2. The van der Waals surface area contributed by atoms with E-state index in [-0.39, 0.29) is 24.0 Å². The zero-order valence-corrected chi connectivity index (χ0v) is 20.8. The molecular weight excluding hydrogens is 602 g/mol. The average molecular weight is 622 g/mol. The lowest BCUT2D eigenvalue weighted by atomic mass is 10.2. The first kappa shape index (κ1) is 25.3. The van der Waals surface area contributed by atoms with Crippen molar-refractivity contribution in [3.63, 3.8) is 0 Å². The molecule has 0 aliphatic rings. The monoisotopic (exact) mass is 622 g/mol. The Kier molecular flexibility index (Phi) is 11.4. The minimum atomic E-state index is 0. The number of nitrogens with zero attached hydrogens (tertiary/aromatic N) is 6. The highest BCUT2D eigenvalue weighted by Crippen LogP contribution is 2.08. The van der Waals surface area contributed by atoms with Gasteiger partial charge in [-0.2, -0.15) is 10.5 Å². The van der Waals surface area contributed by atoms with Crippen molar-refractivity contribution >= 4 is 22.6 Å². The molecule has 0 N–H and O–H groups in total. The third-order valence-corrected chi connectivity index (χ3v) is 3.86. The van der Waals surface area contributed by atoms with E-state index in [4.69, 9.17) is 10.5 Å². The van der Waals surface area contributed by atoms with Crippen molar-refractivity contribution in [2.75, 3.05) is 4.93 Å². The van der Waals surface area contributed by atoms with Crippen LogP contribution in [0.3, 0.4) is 0 Å². The maximum Gasteiger partial charge on any atom is 0.248 e. The molecule has 0 fully saturated rings. The van der Waals surface area contributed by atoms with E-state index >= 15 is 0 Å². The van der Waals surface area contributed by atoms with Gasteiger partial charge in [-0.05, 0) is 53.5 Å². The van der Waals surface area contributed by atoms with Crippen molar-refractivity contribution in [3.05, 3.63) is 97.1 Å². The van der Waals surface area contributed by atoms with Crippen LogP contribution in [0, 0.1) is 22.7 Å². The number of halogens is 2. The third kappa shape index (κ3) is 7.28. The number of benzene rings is 2. The summed E-state index contributed by atoms with van der Waals surface area (Å²) in [6, 6.07) is 19.0. The van der Waals surface area contributed by atoms with Crippen molar-refractivity contribution in [1.29, 1.82) is 10.5 Å². The van der Waals surface area contributed by atoms with Crippen LogP contribution in [0.4, 0.5) is 0 Å². The molecule has 8 heteroatoms. The molecule has 0 aliphatic heterocycles. The van der Waals surface area contributed by atoms with Crippen LogP contribution in [0.25, 0.3) is 11.4 Å². The summed E-state index contributed by atoms with van der Waals surface area (Å²) >= 11 is 2.15. The number of aryl methyl sites for hydroxylation is 1. The molecular formula is C22H20I2N6. The van der Waals surface area contributed by atoms with E-state index in [1.807, 2.05) is 87.0 Å². The Bertz CT molecular complexity index is 1090. The molecule has 2 heterocycles. The molecule has 152 valence electrons. The molecule has 2 aromatic carbocycles. The summed E-state index contributed by atoms with van der Waals surface area (Å²) < 4.78 is 5.86. The Balaban J connectivity index is 0.000000270. The van der Waals surface area contributed by atoms with Crippen LogP contribution in [0.5, 0.6) is 0 Å². The molecule has 30 heavy (non-hydrogen) atoms. The van der Waals surface area contributed by atoms with Gasteiger partial charge >= 0.3 is 0 Å². The van der Waals surface area contributed by atoms with Gasteiger partial charge in [0.25, 0.3) is 0 Å². The standard InChI is InChI=1S/C11H10N3.C10H7N3.CH3I.HI/c1-13-6-7-14(9-13)11-4-2-10(8-12)3-5-11;11-7-9-1-3-10(4-2-9)13-6-5-12-8-13;1-2;/h2-7,9H,1H3;1-6,8H;1H3;1H/q+1;;;/p-1. The zero-order valence-electron chi connectivity index (χ0n) is 16.5. The molecule has 0 spiro atoms. The number of imidazole rings is 2. The maximum atomic E-state index is 8.64. The van der Waals surface area contributed by atoms with Gasteiger partial charge < -0.3 is 28.5 Å². The number of hydrogen-bond donors (Lipinski definition) is 0. The molecule has 0 aliphatic carbocycles. The van der Waals surface area contributed by atoms with Crippen LogP contribution in [-0.4, -0.2) is 19.0 Å². The Morgan fingerprint density at radius 1 is 0.833 bits per heavy atom. The van der Waals surface area contributed by atoms with E-state index < -0.39 is 0 Å². The van der Waals surface area contributed by atoms with Crippen LogP contribution in [0.2, 0.25) is 0 Å². The number of hydrogen-bond acceptors (Lipinski definition) is 3. The van der Waals surface area contributed by atoms with Crippen molar-refractivity contribution in [3.8, 4) is 23.5 Å². The molecule has 0 atom stereocenters. The predicted octanol–water partition coefficient (Wildman–Crippen LogP) is 0.973. The van der Waals surface area contributed by atoms with Crippen molar-refractivity contribution in [2.45, 2.75) is 0 Å². The van der Waals surface area contributed by atoms with Gasteiger partial charge in [-0.1, -0.05) is 22.6 Å². The largest absolute Gasteiger partial charge is 1.00 e. The molecule has 4 rings (SSSR count). The molecule has 6 nitrogen and oxygen atoms in total. The molecule has 0 saturated carbocycles. The van der Waals surface area contributed by atoms with Crippen LogP contribution in [0.1, 0.15) is 11.1 Å². The maximum absolute atomic E-state index is 8.64. The lowest BCUT2D eigenvalue weighted by Crippen LogP contribution is -3.00. The minimum absolute atomic E-state index is 0. The van der Waals surface area contributed by atoms with Gasteiger partial charge in [-0.3, -0.25) is 0 Å². The summed E-state index contributed by atoms with van der Waals surface area (Å²) in [7, 11) is 1.97. The number of aromatic nitrogens is 4. The van der Waals surface area contributed by atoms with Crippen molar-refractivity contribution in [1.82, 2.24) is 14.1 Å². The second-order valence-corrected chi connectivity index (χ2v) is 5.77. The first-order chi connectivity index (χ1) is 14.2. The van der Waals surface area contributed by atoms with Gasteiger partial charge in [0.2, 0.25) is 6.33 Å². The van der Waals surface area contributed by atoms with Gasteiger partial charge in [0, 0.05) is 18.1 Å². The average Bonchev–Trinajstić information content (AvgIpc) is 3.48. The van der Waals surface area contributed by atoms with Gasteiger partial charge in [0.15, 0.2) is 0 Å². The van der Waals surface area contributed by atoms with Crippen LogP contribution >= 0.6 is 22.6 Å². The van der Waals surface area contributed by atoms with Crippen LogP contribution in [-0.2, 0) is 7.05 Å². The first-order valence-electron chi connectivity index (χ1n) is 8.59. The summed E-state index contributed by atoms with van der Waals surface area (Å²) in [5.74, 6) is 0. The van der Waals surface area contributed by atoms with Gasteiger partial charge in [0.05, 0.1) is 36.6 Å². The second-order valence-electron chi connectivity index (χ2n) is 5.77. The summed E-state index contributed by atoms with van der Waals surface area (Å²) in [6.45, 7) is 0. The van der Waals surface area contributed by atoms with Crippen molar-refractivity contribution in [2.24, 2.45) is 7.05 Å². The highest BCUT2D eigenvalue weighted by atomic mass is 127. The fraction of sp³-hybridized carbons (Fsp3) is 0.0909. The van der Waals surface area contributed by atoms with E-state index in [1.165, 1.54) is 0 Å². The molecule has 0 amide bonds. The van der Waals surface area contributed by atoms with E-state index in [0.29, 0.717) is 11.1 Å². The summed E-state index contributed by atoms with van der Waals surface area (Å²) in [5.41, 5.74) is 3.43. The number of nitriles is 2. The molecule has 0 bridgehead atoms. The smallest absolute Gasteiger partial charge is 0.248 e. The Hall–Kier alpha value is -2.70. The normalized spacial score (nSPS) is 8.83. The summed E-state index contributed by atoms with van der Waals surface area (Å²) in [4.78, 5) is 5.91. The summed E-state index contributed by atoms with van der Waals surface area (Å²) in [6.07, 6.45) is 11.2. The molecule has 0 saturated heterocycles. The molecule has 4 aromatic rings. The fourth-order valence-corrected chi connectivity index (χ4v) is 2.43. The highest BCUT2D eigenvalue weighted by Gasteiger charge is 2.03. The second kappa shape index (κ2) is 13.5. The SMILES string of the molecule is CI.C[n+]1ccn(-c2ccc(C#N)cc2)c1.N#Cc1ccc(-n2ccnc2)cc1.[I-]. The van der Waals surface area contributed by atoms with E-state index in [1.54, 1.807) is 24.7 Å². The summed E-state index contributed by atoms with van der Waals surface area (Å²) in [5, 5.41) is 17.2. The number of alkyl halides is 1. The predicted molar refractivity (Wildman–Crippen MR) is 120 cm³/mol. The van der Waals surface area contributed by atoms with E-state index in [9.17, 15) is 0 Å². The lowest BCUT2D eigenvalue weighted by Gasteiger charge is -1.99. The minimum Gasteiger partial charge on any atom is -1.00 e. The Labute approximate surface area is 207 Å². The quantitative estimate of drug-likeness (QED) is 0.190. The van der Waals surface area contributed by atoms with Crippen molar-refractivity contribution < 1.29 is 28.5 Å². The van der Waals surface area contributed by atoms with Gasteiger partial charge in [0.1, 0.15) is 18.1 Å². The van der Waals surface area contributed by atoms with Crippen LogP contribution in [0.15, 0.2) is 86.0 Å². The highest BCUT2D eigenvalue weighted by molar-refractivity contribution is 14.1. The Morgan fingerprint density at radius 3 is 1.70 bits per heavy atom.